The third-order valence-corrected chi connectivity index (χ3v) is 8.27. The van der Waals surface area contributed by atoms with Crippen LogP contribution in [0, 0.1) is 0 Å². The van der Waals surface area contributed by atoms with E-state index in [1.165, 1.54) is 43.4 Å². The Morgan fingerprint density at radius 2 is 1.86 bits per heavy atom. The molecule has 2 fully saturated rings. The van der Waals surface area contributed by atoms with Gasteiger partial charge in [-0.25, -0.2) is 0 Å². The number of methoxy groups -OCH3 is 2. The Morgan fingerprint density at radius 3 is 2.60 bits per heavy atom. The van der Waals surface area contributed by atoms with Crippen molar-refractivity contribution in [1.29, 1.82) is 0 Å². The SMILES string of the molecule is CCCCCN1CCC2(c3ccc(OC)c(OC)c3)CCC(NC(=S)NCc3ccccc3)CC12. The number of nitrogens with zero attached hydrogens (tertiary/aromatic N) is 1. The van der Waals surface area contributed by atoms with Gasteiger partial charge in [0.25, 0.3) is 0 Å². The van der Waals surface area contributed by atoms with Crippen LogP contribution < -0.4 is 20.1 Å². The lowest BCUT2D eigenvalue weighted by molar-refractivity contribution is 0.138. The van der Waals surface area contributed by atoms with Gasteiger partial charge in [0, 0.05) is 24.0 Å². The molecule has 2 aromatic carbocycles. The topological polar surface area (TPSA) is 45.8 Å². The summed E-state index contributed by atoms with van der Waals surface area (Å²) in [5.74, 6) is 1.63. The molecule has 1 aliphatic heterocycles. The van der Waals surface area contributed by atoms with Crippen LogP contribution in [-0.2, 0) is 12.0 Å². The summed E-state index contributed by atoms with van der Waals surface area (Å²) in [6, 6.07) is 17.9. The number of fused-ring (bicyclic) bond motifs is 1. The maximum atomic E-state index is 5.68. The number of hydrogen-bond donors (Lipinski definition) is 2. The normalized spacial score (nSPS) is 24.0. The molecule has 1 heterocycles. The molecule has 2 aromatic rings. The van der Waals surface area contributed by atoms with Crippen LogP contribution >= 0.6 is 12.2 Å². The van der Waals surface area contributed by atoms with Gasteiger partial charge in [-0.2, -0.15) is 0 Å². The molecule has 2 N–H and O–H groups in total. The molecule has 1 aliphatic carbocycles. The van der Waals surface area contributed by atoms with Crippen LogP contribution in [-0.4, -0.2) is 49.4 Å². The fraction of sp³-hybridized carbons (Fsp3) is 0.552. The molecule has 2 aliphatic rings. The molecule has 190 valence electrons. The van der Waals surface area contributed by atoms with Crippen molar-refractivity contribution in [2.45, 2.75) is 75.9 Å². The summed E-state index contributed by atoms with van der Waals surface area (Å²) >= 11 is 5.68. The zero-order valence-corrected chi connectivity index (χ0v) is 22.3. The number of unbranched alkanes of at least 4 members (excludes halogenated alkanes) is 2. The molecule has 0 spiro atoms. The number of thiocarbonyl (C=S) groups is 1. The van der Waals surface area contributed by atoms with E-state index in [9.17, 15) is 0 Å². The van der Waals surface area contributed by atoms with Crippen molar-refractivity contribution in [3.8, 4) is 11.5 Å². The van der Waals surface area contributed by atoms with Crippen molar-refractivity contribution < 1.29 is 9.47 Å². The Kier molecular flexibility index (Phi) is 8.90. The van der Waals surface area contributed by atoms with Gasteiger partial charge in [-0.05, 0) is 80.7 Å². The van der Waals surface area contributed by atoms with E-state index in [1.807, 2.05) is 6.07 Å². The highest BCUT2D eigenvalue weighted by Gasteiger charge is 2.51. The summed E-state index contributed by atoms with van der Waals surface area (Å²) in [5.41, 5.74) is 2.79. The zero-order valence-electron chi connectivity index (χ0n) is 21.5. The third kappa shape index (κ3) is 5.92. The number of ether oxygens (including phenoxy) is 2. The van der Waals surface area contributed by atoms with E-state index in [2.05, 4.69) is 64.9 Å². The molecule has 3 atom stereocenters. The highest BCUT2D eigenvalue weighted by Crippen LogP contribution is 2.50. The Balaban J connectivity index is 1.48. The van der Waals surface area contributed by atoms with E-state index in [-0.39, 0.29) is 5.41 Å². The molecule has 35 heavy (non-hydrogen) atoms. The molecule has 0 radical (unpaired) electrons. The predicted octanol–water partition coefficient (Wildman–Crippen LogP) is 5.42. The molecule has 0 amide bonds. The number of likely N-dealkylation sites (tertiary alicyclic amines) is 1. The first-order chi connectivity index (χ1) is 17.1. The number of benzene rings is 2. The third-order valence-electron chi connectivity index (χ3n) is 8.01. The van der Waals surface area contributed by atoms with E-state index in [1.54, 1.807) is 14.2 Å². The second-order valence-corrected chi connectivity index (χ2v) is 10.4. The Labute approximate surface area is 216 Å². The van der Waals surface area contributed by atoms with E-state index in [0.29, 0.717) is 12.1 Å². The standard InChI is InChI=1S/C29H41N3O2S/c1-4-5-9-17-32-18-16-29(23-12-13-25(33-2)26(19-23)34-3)15-14-24(20-27(29)32)31-28(35)30-21-22-10-7-6-8-11-22/h6-8,10-13,19,24,27H,4-5,9,14-18,20-21H2,1-3H3,(H2,30,31,35). The van der Waals surface area contributed by atoms with Gasteiger partial charge in [0.15, 0.2) is 16.6 Å². The maximum Gasteiger partial charge on any atom is 0.166 e. The van der Waals surface area contributed by atoms with Gasteiger partial charge in [-0.15, -0.1) is 0 Å². The lowest BCUT2D eigenvalue weighted by Gasteiger charge is -2.46. The average molecular weight is 496 g/mol. The van der Waals surface area contributed by atoms with Crippen LogP contribution in [0.25, 0.3) is 0 Å². The van der Waals surface area contributed by atoms with E-state index in [0.717, 1.165) is 49.0 Å². The zero-order chi connectivity index (χ0) is 24.7. The molecule has 0 aromatic heterocycles. The second kappa shape index (κ2) is 12.1. The fourth-order valence-corrected chi connectivity index (χ4v) is 6.34. The molecular formula is C29H41N3O2S. The molecule has 1 saturated heterocycles. The highest BCUT2D eigenvalue weighted by atomic mass is 32.1. The summed E-state index contributed by atoms with van der Waals surface area (Å²) in [4.78, 5) is 2.75. The van der Waals surface area contributed by atoms with E-state index in [4.69, 9.17) is 21.7 Å². The Hall–Kier alpha value is -2.31. The van der Waals surface area contributed by atoms with Crippen molar-refractivity contribution in [1.82, 2.24) is 15.5 Å². The molecule has 1 saturated carbocycles. The van der Waals surface area contributed by atoms with Crippen LogP contribution in [0.15, 0.2) is 48.5 Å². The Bertz CT molecular complexity index is 970. The summed E-state index contributed by atoms with van der Waals surface area (Å²) in [5, 5.41) is 7.81. The first-order valence-corrected chi connectivity index (χ1v) is 13.5. The first kappa shape index (κ1) is 25.8. The summed E-state index contributed by atoms with van der Waals surface area (Å²) in [6.45, 7) is 5.37. The minimum Gasteiger partial charge on any atom is -0.493 e. The summed E-state index contributed by atoms with van der Waals surface area (Å²) in [6.07, 6.45) is 8.38. The minimum atomic E-state index is 0.156. The molecular weight excluding hydrogens is 454 g/mol. The lowest BCUT2D eigenvalue weighted by Crippen LogP contribution is -2.53. The maximum absolute atomic E-state index is 5.68. The van der Waals surface area contributed by atoms with Crippen LogP contribution in [0.5, 0.6) is 11.5 Å². The van der Waals surface area contributed by atoms with Gasteiger partial charge in [0.2, 0.25) is 0 Å². The molecule has 5 nitrogen and oxygen atoms in total. The second-order valence-electron chi connectivity index (χ2n) is 10.0. The van der Waals surface area contributed by atoms with Crippen LogP contribution in [0.3, 0.4) is 0 Å². The van der Waals surface area contributed by atoms with E-state index >= 15 is 0 Å². The monoisotopic (exact) mass is 495 g/mol. The smallest absolute Gasteiger partial charge is 0.166 e. The quantitative estimate of drug-likeness (QED) is 0.339. The lowest BCUT2D eigenvalue weighted by atomic mass is 9.65. The van der Waals surface area contributed by atoms with Crippen LogP contribution in [0.4, 0.5) is 0 Å². The van der Waals surface area contributed by atoms with Crippen molar-refractivity contribution >= 4 is 17.3 Å². The van der Waals surface area contributed by atoms with E-state index < -0.39 is 0 Å². The van der Waals surface area contributed by atoms with Crippen molar-refractivity contribution in [3.63, 3.8) is 0 Å². The Morgan fingerprint density at radius 1 is 1.06 bits per heavy atom. The summed E-state index contributed by atoms with van der Waals surface area (Å²) in [7, 11) is 3.43. The fourth-order valence-electron chi connectivity index (χ4n) is 6.11. The van der Waals surface area contributed by atoms with Crippen LogP contribution in [0.1, 0.15) is 63.0 Å². The van der Waals surface area contributed by atoms with Crippen molar-refractivity contribution in [2.75, 3.05) is 27.3 Å². The van der Waals surface area contributed by atoms with Gasteiger partial charge in [-0.3, -0.25) is 4.90 Å². The van der Waals surface area contributed by atoms with Crippen molar-refractivity contribution in [2.24, 2.45) is 0 Å². The predicted molar refractivity (Wildman–Crippen MR) is 147 cm³/mol. The minimum absolute atomic E-state index is 0.156. The number of rotatable bonds is 10. The van der Waals surface area contributed by atoms with Gasteiger partial charge in [0.05, 0.1) is 14.2 Å². The van der Waals surface area contributed by atoms with Gasteiger partial charge in [0.1, 0.15) is 0 Å². The van der Waals surface area contributed by atoms with Gasteiger partial charge >= 0.3 is 0 Å². The van der Waals surface area contributed by atoms with Crippen LogP contribution in [0.2, 0.25) is 0 Å². The number of nitrogens with one attached hydrogen (secondary N) is 2. The first-order valence-electron chi connectivity index (χ1n) is 13.1. The highest BCUT2D eigenvalue weighted by molar-refractivity contribution is 7.80. The molecule has 6 heteroatoms. The van der Waals surface area contributed by atoms with Crippen molar-refractivity contribution in [3.05, 3.63) is 59.7 Å². The van der Waals surface area contributed by atoms with Gasteiger partial charge < -0.3 is 20.1 Å². The largest absolute Gasteiger partial charge is 0.493 e. The average Bonchev–Trinajstić information content (AvgIpc) is 3.26. The molecule has 3 unspecified atom stereocenters. The molecule has 0 bridgehead atoms. The summed E-state index contributed by atoms with van der Waals surface area (Å²) < 4.78 is 11.2. The van der Waals surface area contributed by atoms with Gasteiger partial charge in [-0.1, -0.05) is 56.2 Å². The number of hydrogen-bond acceptors (Lipinski definition) is 4. The molecule has 4 rings (SSSR count).